The zero-order chi connectivity index (χ0) is 18.5. The first-order valence-electron chi connectivity index (χ1n) is 8.24. The Labute approximate surface area is 146 Å². The third-order valence-electron chi connectivity index (χ3n) is 5.11. The van der Waals surface area contributed by atoms with Crippen molar-refractivity contribution >= 4 is 27.5 Å². The number of fused-ring (bicyclic) bond motifs is 1. The van der Waals surface area contributed by atoms with Crippen molar-refractivity contribution in [3.05, 3.63) is 23.8 Å². The van der Waals surface area contributed by atoms with E-state index < -0.39 is 22.0 Å². The highest BCUT2D eigenvalue weighted by atomic mass is 32.2. The maximum absolute atomic E-state index is 12.3. The number of hydrogen-bond acceptors (Lipinski definition) is 4. The number of hydrogen-bond donors (Lipinski definition) is 2. The molecule has 8 heteroatoms. The van der Waals surface area contributed by atoms with Crippen molar-refractivity contribution in [3.63, 3.8) is 0 Å². The van der Waals surface area contributed by atoms with Crippen LogP contribution >= 0.6 is 0 Å². The van der Waals surface area contributed by atoms with Crippen molar-refractivity contribution in [1.82, 2.24) is 5.32 Å². The Morgan fingerprint density at radius 3 is 2.40 bits per heavy atom. The van der Waals surface area contributed by atoms with Gasteiger partial charge in [-0.2, -0.15) is 0 Å². The molecule has 2 N–H and O–H groups in total. The van der Waals surface area contributed by atoms with Gasteiger partial charge in [0.05, 0.1) is 10.9 Å². The number of carbonyl (C=O) groups is 2. The highest BCUT2D eigenvalue weighted by molar-refractivity contribution is 7.90. The molecule has 1 fully saturated rings. The van der Waals surface area contributed by atoms with Crippen LogP contribution in [0.2, 0.25) is 0 Å². The first kappa shape index (κ1) is 17.7. The van der Waals surface area contributed by atoms with E-state index in [1.165, 1.54) is 19.1 Å². The lowest BCUT2D eigenvalue weighted by Crippen LogP contribution is -2.53. The van der Waals surface area contributed by atoms with Gasteiger partial charge in [0, 0.05) is 30.8 Å². The minimum atomic E-state index is -3.44. The van der Waals surface area contributed by atoms with E-state index in [1.807, 2.05) is 6.92 Å². The highest BCUT2D eigenvalue weighted by Crippen LogP contribution is 2.49. The lowest BCUT2D eigenvalue weighted by atomic mass is 9.80. The van der Waals surface area contributed by atoms with Crippen molar-refractivity contribution in [2.45, 2.75) is 43.7 Å². The fourth-order valence-corrected chi connectivity index (χ4v) is 4.56. The summed E-state index contributed by atoms with van der Waals surface area (Å²) < 4.78 is 23.8. The van der Waals surface area contributed by atoms with E-state index in [0.29, 0.717) is 17.2 Å². The summed E-state index contributed by atoms with van der Waals surface area (Å²) in [6.45, 7) is 3.40. The number of benzene rings is 1. The van der Waals surface area contributed by atoms with Crippen LogP contribution in [0, 0.1) is 11.8 Å². The Balaban J connectivity index is 2.19. The molecule has 0 bridgehead atoms. The molecule has 3 atom stereocenters. The number of nitrogens with one attached hydrogen (secondary N) is 1. The Morgan fingerprint density at radius 2 is 1.92 bits per heavy atom. The normalized spacial score (nSPS) is 26.0. The molecule has 3 rings (SSSR count). The molecule has 25 heavy (non-hydrogen) atoms. The first-order valence-corrected chi connectivity index (χ1v) is 10.1. The van der Waals surface area contributed by atoms with Gasteiger partial charge in [-0.3, -0.25) is 4.79 Å². The third-order valence-corrected chi connectivity index (χ3v) is 6.22. The van der Waals surface area contributed by atoms with Crippen molar-refractivity contribution in [1.29, 1.82) is 0 Å². The number of amides is 2. The molecule has 1 aromatic carbocycles. The highest BCUT2D eigenvalue weighted by Gasteiger charge is 2.48. The molecule has 1 aliphatic heterocycles. The van der Waals surface area contributed by atoms with Crippen LogP contribution in [0.5, 0.6) is 0 Å². The lowest BCUT2D eigenvalue weighted by molar-refractivity contribution is -0.117. The predicted molar refractivity (Wildman–Crippen MR) is 92.3 cm³/mol. The van der Waals surface area contributed by atoms with Gasteiger partial charge in [-0.1, -0.05) is 6.92 Å². The third kappa shape index (κ3) is 3.22. The number of anilines is 1. The van der Waals surface area contributed by atoms with Crippen LogP contribution in [0.15, 0.2) is 23.1 Å². The molecule has 0 radical (unpaired) electrons. The second kappa shape index (κ2) is 6.01. The van der Waals surface area contributed by atoms with Gasteiger partial charge >= 0.3 is 6.09 Å². The maximum Gasteiger partial charge on any atom is 0.405 e. The van der Waals surface area contributed by atoms with Gasteiger partial charge in [0.15, 0.2) is 9.84 Å². The van der Waals surface area contributed by atoms with Crippen LogP contribution in [-0.4, -0.2) is 37.8 Å². The zero-order valence-electron chi connectivity index (χ0n) is 14.4. The van der Waals surface area contributed by atoms with Crippen molar-refractivity contribution in [3.8, 4) is 0 Å². The van der Waals surface area contributed by atoms with Crippen LogP contribution < -0.4 is 10.2 Å². The van der Waals surface area contributed by atoms with Gasteiger partial charge in [-0.15, -0.1) is 0 Å². The van der Waals surface area contributed by atoms with Crippen molar-refractivity contribution < 1.29 is 23.1 Å². The van der Waals surface area contributed by atoms with E-state index in [4.69, 9.17) is 0 Å². The Kier molecular flexibility index (Phi) is 4.26. The van der Waals surface area contributed by atoms with Crippen LogP contribution in [0.1, 0.15) is 38.3 Å². The summed E-state index contributed by atoms with van der Waals surface area (Å²) in [5.74, 6) is 0.0698. The van der Waals surface area contributed by atoms with E-state index in [-0.39, 0.29) is 22.8 Å². The molecule has 2 amide bonds. The quantitative estimate of drug-likeness (QED) is 0.853. The van der Waals surface area contributed by atoms with Crippen molar-refractivity contribution in [2.24, 2.45) is 11.8 Å². The predicted octanol–water partition coefficient (Wildman–Crippen LogP) is 2.18. The first-order chi connectivity index (χ1) is 11.6. The van der Waals surface area contributed by atoms with Gasteiger partial charge in [-0.25, -0.2) is 13.2 Å². The van der Waals surface area contributed by atoms with Crippen LogP contribution in [0.3, 0.4) is 0 Å². The monoisotopic (exact) mass is 366 g/mol. The average molecular weight is 366 g/mol. The molecular weight excluding hydrogens is 344 g/mol. The Morgan fingerprint density at radius 1 is 1.28 bits per heavy atom. The average Bonchev–Trinajstić information content (AvgIpc) is 3.31. The van der Waals surface area contributed by atoms with Crippen molar-refractivity contribution in [2.75, 3.05) is 11.2 Å². The number of carbonyl (C=O) groups excluding carboxylic acids is 1. The molecule has 1 saturated carbocycles. The number of rotatable bonds is 3. The largest absolute Gasteiger partial charge is 0.465 e. The summed E-state index contributed by atoms with van der Waals surface area (Å²) in [7, 11) is -3.44. The van der Waals surface area contributed by atoms with Gasteiger partial charge < -0.3 is 15.3 Å². The molecule has 136 valence electrons. The topological polar surface area (TPSA) is 104 Å². The smallest absolute Gasteiger partial charge is 0.405 e. The molecular formula is C17H22N2O5S. The number of carboxylic acid groups (broad SMARTS) is 1. The van der Waals surface area contributed by atoms with Gasteiger partial charge in [0.2, 0.25) is 5.91 Å². The summed E-state index contributed by atoms with van der Waals surface area (Å²) in [5.41, 5.74) is 1.12. The number of sulfone groups is 1. The van der Waals surface area contributed by atoms with E-state index in [2.05, 4.69) is 5.32 Å². The lowest BCUT2D eigenvalue weighted by Gasteiger charge is -2.45. The van der Waals surface area contributed by atoms with Gasteiger partial charge in [0.1, 0.15) is 0 Å². The molecule has 1 aromatic rings. The van der Waals surface area contributed by atoms with Gasteiger partial charge in [0.25, 0.3) is 0 Å². The molecule has 0 unspecified atom stereocenters. The van der Waals surface area contributed by atoms with Crippen LogP contribution in [0.4, 0.5) is 10.5 Å². The molecule has 0 spiro atoms. The minimum Gasteiger partial charge on any atom is -0.465 e. The summed E-state index contributed by atoms with van der Waals surface area (Å²) in [4.78, 5) is 25.5. The molecule has 7 nitrogen and oxygen atoms in total. The minimum absolute atomic E-state index is 0.0917. The molecule has 2 aliphatic rings. The summed E-state index contributed by atoms with van der Waals surface area (Å²) in [6, 6.07) is 3.93. The molecule has 0 aromatic heterocycles. The summed E-state index contributed by atoms with van der Waals surface area (Å²) in [5, 5.41) is 11.8. The van der Waals surface area contributed by atoms with E-state index in [9.17, 15) is 23.1 Å². The van der Waals surface area contributed by atoms with E-state index in [0.717, 1.165) is 19.1 Å². The second-order valence-corrected chi connectivity index (χ2v) is 9.01. The van der Waals surface area contributed by atoms with E-state index >= 15 is 0 Å². The molecule has 1 aliphatic carbocycles. The molecule has 1 heterocycles. The SMILES string of the molecule is CC(=O)N1c2ccc(S(C)(=O)=O)cc2[C@H](NC(=O)O)[C@@H](C)[C@H]1C1CC1. The van der Waals surface area contributed by atoms with Crippen LogP contribution in [0.25, 0.3) is 0 Å². The Hall–Kier alpha value is -2.09. The summed E-state index contributed by atoms with van der Waals surface area (Å²) in [6.07, 6.45) is 1.96. The summed E-state index contributed by atoms with van der Waals surface area (Å²) >= 11 is 0. The Bertz CT molecular complexity index is 831. The molecule has 0 saturated heterocycles. The maximum atomic E-state index is 12.3. The fraction of sp³-hybridized carbons (Fsp3) is 0.529. The zero-order valence-corrected chi connectivity index (χ0v) is 15.2. The fourth-order valence-electron chi connectivity index (χ4n) is 3.91. The second-order valence-electron chi connectivity index (χ2n) is 7.00. The van der Waals surface area contributed by atoms with Gasteiger partial charge in [-0.05, 0) is 42.5 Å². The van der Waals surface area contributed by atoms with Crippen LogP contribution in [-0.2, 0) is 14.6 Å². The standard InChI is InChI=1S/C17H22N2O5S/c1-9-15(18-17(21)22)13-8-12(25(3,23)24)6-7-14(13)19(10(2)20)16(9)11-4-5-11/h6-9,11,15-16,18H,4-5H2,1-3H3,(H,21,22)/t9-,15-,16+/m1/s1. The number of nitrogens with zero attached hydrogens (tertiary/aromatic N) is 1. The van der Waals surface area contributed by atoms with E-state index in [1.54, 1.807) is 11.0 Å².